The number of anilines is 1. The summed E-state index contributed by atoms with van der Waals surface area (Å²) >= 11 is 0. The van der Waals surface area contributed by atoms with Gasteiger partial charge in [0.15, 0.2) is 0 Å². The summed E-state index contributed by atoms with van der Waals surface area (Å²) in [6, 6.07) is 7.80. The average molecular weight is 275 g/mol. The van der Waals surface area contributed by atoms with Crippen molar-refractivity contribution in [2.45, 2.75) is 31.4 Å². The molecule has 0 bridgehead atoms. The second-order valence-electron chi connectivity index (χ2n) is 4.90. The number of hydrogen-bond acceptors (Lipinski definition) is 6. The van der Waals surface area contributed by atoms with Crippen molar-refractivity contribution in [3.63, 3.8) is 0 Å². The Bertz CT molecular complexity index is 585. The molecule has 6 heteroatoms. The molecule has 6 nitrogen and oxygen atoms in total. The molecule has 0 aliphatic heterocycles. The molecule has 0 amide bonds. The molecule has 0 unspecified atom stereocenters. The second kappa shape index (κ2) is 5.50. The van der Waals surface area contributed by atoms with Gasteiger partial charge in [-0.2, -0.15) is 4.98 Å². The fraction of sp³-hybridized carbons (Fsp3) is 0.429. The highest BCUT2D eigenvalue weighted by Gasteiger charge is 2.26. The van der Waals surface area contributed by atoms with Crippen molar-refractivity contribution < 1.29 is 14.4 Å². The number of aliphatic hydroxyl groups is 1. The number of ether oxygens (including phenoxy) is 1. The van der Waals surface area contributed by atoms with Crippen LogP contribution in [0.3, 0.4) is 0 Å². The summed E-state index contributed by atoms with van der Waals surface area (Å²) in [4.78, 5) is 4.30. The molecular formula is C14H17N3O3. The Morgan fingerprint density at radius 1 is 1.40 bits per heavy atom. The Hall–Kier alpha value is -2.08. The lowest BCUT2D eigenvalue weighted by atomic mass is 10.2. The van der Waals surface area contributed by atoms with Gasteiger partial charge in [0.05, 0.1) is 19.3 Å². The zero-order chi connectivity index (χ0) is 13.9. The first-order valence-electron chi connectivity index (χ1n) is 6.69. The van der Waals surface area contributed by atoms with E-state index in [4.69, 9.17) is 9.26 Å². The van der Waals surface area contributed by atoms with Crippen LogP contribution in [0.5, 0.6) is 5.75 Å². The van der Waals surface area contributed by atoms with Crippen LogP contribution in [0.4, 0.5) is 6.01 Å². The molecule has 1 aromatic carbocycles. The van der Waals surface area contributed by atoms with Crippen LogP contribution in [-0.4, -0.2) is 34.5 Å². The van der Waals surface area contributed by atoms with E-state index < -0.39 is 0 Å². The molecule has 1 fully saturated rings. The molecule has 1 aliphatic carbocycles. The minimum absolute atomic E-state index is 0.00592. The van der Waals surface area contributed by atoms with Gasteiger partial charge in [-0.3, -0.25) is 0 Å². The molecule has 2 atom stereocenters. The minimum atomic E-state index is -0.345. The third-order valence-electron chi connectivity index (χ3n) is 3.54. The van der Waals surface area contributed by atoms with Crippen molar-refractivity contribution >= 4 is 6.01 Å². The maximum absolute atomic E-state index is 9.77. The van der Waals surface area contributed by atoms with Crippen molar-refractivity contribution in [2.24, 2.45) is 0 Å². The Labute approximate surface area is 116 Å². The van der Waals surface area contributed by atoms with Crippen LogP contribution < -0.4 is 10.1 Å². The normalized spacial score (nSPS) is 21.9. The van der Waals surface area contributed by atoms with Gasteiger partial charge in [0.1, 0.15) is 5.75 Å². The maximum Gasteiger partial charge on any atom is 0.322 e. The molecule has 1 aromatic heterocycles. The number of hydrogen-bond donors (Lipinski definition) is 2. The first kappa shape index (κ1) is 12.9. The molecule has 1 aliphatic rings. The number of benzene rings is 1. The summed E-state index contributed by atoms with van der Waals surface area (Å²) in [5, 5.41) is 16.8. The van der Waals surface area contributed by atoms with Crippen LogP contribution in [0.15, 0.2) is 28.8 Å². The lowest BCUT2D eigenvalue weighted by molar-refractivity contribution is 0.170. The van der Waals surface area contributed by atoms with E-state index in [1.54, 1.807) is 7.11 Å². The zero-order valence-electron chi connectivity index (χ0n) is 11.2. The number of nitrogens with one attached hydrogen (secondary N) is 1. The lowest BCUT2D eigenvalue weighted by Gasteiger charge is -2.13. The van der Waals surface area contributed by atoms with Gasteiger partial charge in [0.25, 0.3) is 0 Å². The summed E-state index contributed by atoms with van der Waals surface area (Å²) in [6.45, 7) is 0. The largest absolute Gasteiger partial charge is 0.497 e. The molecule has 2 aromatic rings. The third-order valence-corrected chi connectivity index (χ3v) is 3.54. The van der Waals surface area contributed by atoms with Crippen molar-refractivity contribution in [3.05, 3.63) is 24.3 Å². The van der Waals surface area contributed by atoms with E-state index >= 15 is 0 Å². The van der Waals surface area contributed by atoms with Crippen LogP contribution in [0, 0.1) is 0 Å². The summed E-state index contributed by atoms with van der Waals surface area (Å²) in [5.74, 6) is 1.24. The number of nitrogens with zero attached hydrogens (tertiary/aromatic N) is 2. The van der Waals surface area contributed by atoms with E-state index in [0.29, 0.717) is 11.8 Å². The van der Waals surface area contributed by atoms with E-state index in [1.807, 2.05) is 24.3 Å². The Morgan fingerprint density at radius 3 is 3.05 bits per heavy atom. The highest BCUT2D eigenvalue weighted by molar-refractivity contribution is 5.57. The summed E-state index contributed by atoms with van der Waals surface area (Å²) in [5.41, 5.74) is 0.827. The van der Waals surface area contributed by atoms with Crippen molar-refractivity contribution in [2.75, 3.05) is 12.4 Å². The Morgan fingerprint density at radius 2 is 2.30 bits per heavy atom. The molecule has 106 valence electrons. The van der Waals surface area contributed by atoms with Crippen LogP contribution in [-0.2, 0) is 0 Å². The molecule has 20 heavy (non-hydrogen) atoms. The van der Waals surface area contributed by atoms with Gasteiger partial charge in [0.2, 0.25) is 5.82 Å². The van der Waals surface area contributed by atoms with E-state index in [1.165, 1.54) is 0 Å². The van der Waals surface area contributed by atoms with Crippen molar-refractivity contribution in [1.82, 2.24) is 10.1 Å². The summed E-state index contributed by atoms with van der Waals surface area (Å²) in [6.07, 6.45) is 2.39. The molecule has 3 rings (SSSR count). The monoisotopic (exact) mass is 275 g/mol. The summed E-state index contributed by atoms with van der Waals surface area (Å²) < 4.78 is 10.3. The van der Waals surface area contributed by atoms with Crippen molar-refractivity contribution in [3.8, 4) is 17.1 Å². The van der Waals surface area contributed by atoms with Crippen molar-refractivity contribution in [1.29, 1.82) is 0 Å². The van der Waals surface area contributed by atoms with E-state index in [9.17, 15) is 5.11 Å². The highest BCUT2D eigenvalue weighted by Crippen LogP contribution is 2.25. The van der Waals surface area contributed by atoms with Gasteiger partial charge in [0, 0.05) is 5.56 Å². The molecule has 1 saturated carbocycles. The minimum Gasteiger partial charge on any atom is -0.497 e. The fourth-order valence-corrected chi connectivity index (χ4v) is 2.43. The van der Waals surface area contributed by atoms with E-state index in [-0.39, 0.29) is 12.1 Å². The van der Waals surface area contributed by atoms with Gasteiger partial charge in [-0.05, 0) is 31.4 Å². The molecule has 0 saturated heterocycles. The van der Waals surface area contributed by atoms with Gasteiger partial charge >= 0.3 is 6.01 Å². The van der Waals surface area contributed by atoms with Gasteiger partial charge in [-0.1, -0.05) is 17.3 Å². The number of aromatic nitrogens is 2. The third kappa shape index (κ3) is 2.60. The number of methoxy groups -OCH3 is 1. The molecule has 1 heterocycles. The van der Waals surface area contributed by atoms with E-state index in [0.717, 1.165) is 30.6 Å². The summed E-state index contributed by atoms with van der Waals surface area (Å²) in [7, 11) is 1.61. The topological polar surface area (TPSA) is 80.4 Å². The molecule has 0 radical (unpaired) electrons. The predicted octanol–water partition coefficient (Wildman–Crippen LogP) is 2.07. The van der Waals surface area contributed by atoms with Crippen LogP contribution in [0.25, 0.3) is 11.4 Å². The molecule has 2 N–H and O–H groups in total. The number of aliphatic hydroxyl groups excluding tert-OH is 1. The maximum atomic E-state index is 9.77. The fourth-order valence-electron chi connectivity index (χ4n) is 2.43. The van der Waals surface area contributed by atoms with Gasteiger partial charge in [-0.15, -0.1) is 0 Å². The smallest absolute Gasteiger partial charge is 0.322 e. The second-order valence-corrected chi connectivity index (χ2v) is 4.90. The lowest BCUT2D eigenvalue weighted by Crippen LogP contribution is -2.27. The first-order chi connectivity index (χ1) is 9.76. The highest BCUT2D eigenvalue weighted by atomic mass is 16.5. The predicted molar refractivity (Wildman–Crippen MR) is 73.6 cm³/mol. The van der Waals surface area contributed by atoms with Crippen LogP contribution in [0.1, 0.15) is 19.3 Å². The van der Waals surface area contributed by atoms with E-state index in [2.05, 4.69) is 15.5 Å². The average Bonchev–Trinajstić information content (AvgIpc) is 3.10. The van der Waals surface area contributed by atoms with Gasteiger partial charge in [-0.25, -0.2) is 0 Å². The van der Waals surface area contributed by atoms with Crippen LogP contribution >= 0.6 is 0 Å². The Balaban J connectivity index is 1.75. The first-order valence-corrected chi connectivity index (χ1v) is 6.69. The van der Waals surface area contributed by atoms with Gasteiger partial charge < -0.3 is 19.7 Å². The number of rotatable bonds is 4. The molecule has 0 spiro atoms. The Kier molecular flexibility index (Phi) is 3.56. The van der Waals surface area contributed by atoms with Crippen LogP contribution in [0.2, 0.25) is 0 Å². The standard InChI is InChI=1S/C14H17N3O3/c1-19-10-5-2-4-9(8-10)13-16-14(20-17-13)15-11-6-3-7-12(11)18/h2,4-5,8,11-12,18H,3,6-7H2,1H3,(H,15,16,17)/t11-,12-/m1/s1. The molecular weight excluding hydrogens is 258 g/mol. The zero-order valence-corrected chi connectivity index (χ0v) is 11.2. The SMILES string of the molecule is COc1cccc(-c2noc(N[C@@H]3CCC[C@H]3O)n2)c1. The quantitative estimate of drug-likeness (QED) is 0.889.